The summed E-state index contributed by atoms with van der Waals surface area (Å²) in [4.78, 5) is 12.4. The molecule has 7 heteroatoms. The van der Waals surface area contributed by atoms with Gasteiger partial charge in [-0.3, -0.25) is 0 Å². The quantitative estimate of drug-likeness (QED) is 0.342. The van der Waals surface area contributed by atoms with Gasteiger partial charge in [-0.15, -0.1) is 0 Å². The zero-order valence-corrected chi connectivity index (χ0v) is 23.8. The van der Waals surface area contributed by atoms with Gasteiger partial charge in [-0.05, 0) is 62.9 Å². The average Bonchev–Trinajstić information content (AvgIpc) is 3.31. The molecule has 0 amide bonds. The second-order valence-corrected chi connectivity index (χ2v) is 15.7. The molecule has 0 spiro atoms. The van der Waals surface area contributed by atoms with Crippen LogP contribution in [0.15, 0.2) is 65.2 Å². The van der Waals surface area contributed by atoms with Gasteiger partial charge in [0.15, 0.2) is 0 Å². The molecule has 0 bridgehead atoms. The van der Waals surface area contributed by atoms with E-state index in [2.05, 4.69) is 71.0 Å². The summed E-state index contributed by atoms with van der Waals surface area (Å²) in [5.41, 5.74) is 0.922. The van der Waals surface area contributed by atoms with E-state index in [1.807, 2.05) is 43.3 Å². The lowest BCUT2D eigenvalue weighted by Gasteiger charge is -2.41. The summed E-state index contributed by atoms with van der Waals surface area (Å²) < 4.78 is 18.3. The standard InChI is InChI=1S/C29H40BNO4Si/c1-22-26(30-34-28(4,5)29(6,7)35-30)25(33-31-22)20-14-15-21-27(2,3)36(32,23-16-10-8-11-17-23)24-18-12-9-13-19-24/h8-13,16-19,32H,14-15,20-21H2,1-7H3. The second-order valence-electron chi connectivity index (χ2n) is 11.7. The molecule has 3 aromatic rings. The Balaban J connectivity index is 1.47. The highest BCUT2D eigenvalue weighted by molar-refractivity contribution is 6.98. The Morgan fingerprint density at radius 2 is 1.36 bits per heavy atom. The van der Waals surface area contributed by atoms with E-state index in [9.17, 15) is 4.80 Å². The third kappa shape index (κ3) is 4.86. The number of hydrogen-bond acceptors (Lipinski definition) is 5. The molecule has 2 aromatic carbocycles. The number of unbranched alkanes of at least 4 members (excludes halogenated alkanes) is 1. The van der Waals surface area contributed by atoms with Crippen molar-refractivity contribution in [3.8, 4) is 0 Å². The number of hydrogen-bond donors (Lipinski definition) is 1. The number of rotatable bonds is 9. The molecule has 0 saturated carbocycles. The maximum absolute atomic E-state index is 12.4. The van der Waals surface area contributed by atoms with Crippen LogP contribution in [0.2, 0.25) is 5.04 Å². The lowest BCUT2D eigenvalue weighted by molar-refractivity contribution is 0.00578. The van der Waals surface area contributed by atoms with Crippen LogP contribution in [0.25, 0.3) is 0 Å². The van der Waals surface area contributed by atoms with Crippen LogP contribution in [0, 0.1) is 6.92 Å². The van der Waals surface area contributed by atoms with Crippen molar-refractivity contribution in [2.45, 2.75) is 90.4 Å². The van der Waals surface area contributed by atoms with Gasteiger partial charge in [0.25, 0.3) is 8.32 Å². The van der Waals surface area contributed by atoms with E-state index in [0.29, 0.717) is 0 Å². The van der Waals surface area contributed by atoms with Gasteiger partial charge >= 0.3 is 7.12 Å². The van der Waals surface area contributed by atoms with Gasteiger partial charge in [0.05, 0.1) is 16.9 Å². The van der Waals surface area contributed by atoms with Crippen molar-refractivity contribution in [2.75, 3.05) is 0 Å². The van der Waals surface area contributed by atoms with Crippen LogP contribution in [0.4, 0.5) is 0 Å². The van der Waals surface area contributed by atoms with E-state index in [-0.39, 0.29) is 5.04 Å². The minimum atomic E-state index is -2.99. The zero-order valence-electron chi connectivity index (χ0n) is 22.8. The van der Waals surface area contributed by atoms with Crippen LogP contribution >= 0.6 is 0 Å². The highest BCUT2D eigenvalue weighted by Gasteiger charge is 2.53. The monoisotopic (exact) mass is 505 g/mol. The molecule has 2 heterocycles. The van der Waals surface area contributed by atoms with Gasteiger partial charge in [0, 0.05) is 11.9 Å². The molecule has 1 aromatic heterocycles. The number of nitrogens with zero attached hydrogens (tertiary/aromatic N) is 1. The molecule has 0 radical (unpaired) electrons. The first-order valence-electron chi connectivity index (χ1n) is 13.0. The molecular weight excluding hydrogens is 465 g/mol. The highest BCUT2D eigenvalue weighted by atomic mass is 28.4. The molecule has 36 heavy (non-hydrogen) atoms. The first kappa shape index (κ1) is 26.9. The minimum absolute atomic E-state index is 0.262. The van der Waals surface area contributed by atoms with Crippen molar-refractivity contribution in [3.05, 3.63) is 72.1 Å². The lowest BCUT2D eigenvalue weighted by Crippen LogP contribution is -2.65. The van der Waals surface area contributed by atoms with Crippen molar-refractivity contribution in [3.63, 3.8) is 0 Å². The molecule has 1 aliphatic heterocycles. The minimum Gasteiger partial charge on any atom is -0.424 e. The second kappa shape index (κ2) is 9.94. The van der Waals surface area contributed by atoms with Gasteiger partial charge in [-0.2, -0.15) is 0 Å². The number of benzene rings is 2. The fourth-order valence-corrected chi connectivity index (χ4v) is 8.99. The van der Waals surface area contributed by atoms with Gasteiger partial charge in [-0.1, -0.05) is 86.1 Å². The summed E-state index contributed by atoms with van der Waals surface area (Å²) in [5.74, 6) is 0.836. The predicted octanol–water partition coefficient (Wildman–Crippen LogP) is 4.53. The normalized spacial score (nSPS) is 17.5. The van der Waals surface area contributed by atoms with E-state index >= 15 is 0 Å². The first-order valence-corrected chi connectivity index (χ1v) is 15.0. The third-order valence-electron chi connectivity index (χ3n) is 8.29. The Kier molecular flexibility index (Phi) is 7.41. The average molecular weight is 506 g/mol. The van der Waals surface area contributed by atoms with Gasteiger partial charge in [-0.25, -0.2) is 0 Å². The van der Waals surface area contributed by atoms with E-state index in [1.165, 1.54) is 0 Å². The van der Waals surface area contributed by atoms with Crippen molar-refractivity contribution >= 4 is 31.3 Å². The van der Waals surface area contributed by atoms with E-state index < -0.39 is 26.6 Å². The van der Waals surface area contributed by atoms with Crippen LogP contribution in [-0.2, 0) is 15.7 Å². The van der Waals surface area contributed by atoms with Crippen molar-refractivity contribution in [2.24, 2.45) is 0 Å². The maximum atomic E-state index is 12.4. The smallest absolute Gasteiger partial charge is 0.424 e. The van der Waals surface area contributed by atoms with Crippen molar-refractivity contribution in [1.82, 2.24) is 5.16 Å². The maximum Gasteiger partial charge on any atom is 0.500 e. The number of aromatic nitrogens is 1. The molecule has 0 atom stereocenters. The SMILES string of the molecule is Cc1noc(CCCCC(C)(C)[Si](O)(c2ccccc2)c2ccccc2)c1B1OC(C)(C)C(C)(C)O1. The molecule has 0 aliphatic carbocycles. The number of aryl methyl sites for hydroxylation is 2. The van der Waals surface area contributed by atoms with Crippen LogP contribution in [0.3, 0.4) is 0 Å². The first-order chi connectivity index (χ1) is 16.9. The van der Waals surface area contributed by atoms with E-state index in [1.54, 1.807) is 0 Å². The largest absolute Gasteiger partial charge is 0.500 e. The molecule has 1 aliphatic rings. The van der Waals surface area contributed by atoms with Crippen LogP contribution < -0.4 is 15.8 Å². The van der Waals surface area contributed by atoms with Crippen LogP contribution in [0.5, 0.6) is 0 Å². The summed E-state index contributed by atoms with van der Waals surface area (Å²) in [7, 11) is -3.47. The molecular formula is C29H40BNO4Si. The van der Waals surface area contributed by atoms with E-state index in [0.717, 1.165) is 53.0 Å². The summed E-state index contributed by atoms with van der Waals surface area (Å²) in [5, 5.41) is 6.07. The Morgan fingerprint density at radius 3 is 1.86 bits per heavy atom. The molecule has 1 fully saturated rings. The van der Waals surface area contributed by atoms with Crippen molar-refractivity contribution in [1.29, 1.82) is 0 Å². The van der Waals surface area contributed by atoms with Crippen molar-refractivity contribution < 1.29 is 18.6 Å². The molecule has 4 rings (SSSR count). The fourth-order valence-electron chi connectivity index (χ4n) is 5.21. The summed E-state index contributed by atoms with van der Waals surface area (Å²) >= 11 is 0. The van der Waals surface area contributed by atoms with Gasteiger partial charge in [0.2, 0.25) is 0 Å². The Labute approximate surface area is 217 Å². The lowest BCUT2D eigenvalue weighted by atomic mass is 9.76. The predicted molar refractivity (Wildman–Crippen MR) is 149 cm³/mol. The third-order valence-corrected chi connectivity index (χ3v) is 12.8. The zero-order chi connectivity index (χ0) is 26.2. The van der Waals surface area contributed by atoms with Crippen LogP contribution in [-0.4, -0.2) is 36.6 Å². The Bertz CT molecular complexity index is 1110. The van der Waals surface area contributed by atoms with Gasteiger partial charge in [0.1, 0.15) is 5.76 Å². The summed E-state index contributed by atoms with van der Waals surface area (Å²) in [6, 6.07) is 20.4. The Hall–Kier alpha value is -2.19. The molecule has 1 N–H and O–H groups in total. The fraction of sp³-hybridized carbons (Fsp3) is 0.483. The Morgan fingerprint density at radius 1 is 0.861 bits per heavy atom. The highest BCUT2D eigenvalue weighted by Crippen LogP contribution is 2.40. The topological polar surface area (TPSA) is 64.7 Å². The summed E-state index contributed by atoms with van der Waals surface area (Å²) in [6.07, 6.45) is 3.55. The summed E-state index contributed by atoms with van der Waals surface area (Å²) in [6.45, 7) is 14.6. The molecule has 0 unspecified atom stereocenters. The molecule has 5 nitrogen and oxygen atoms in total. The van der Waals surface area contributed by atoms with E-state index in [4.69, 9.17) is 13.8 Å². The van der Waals surface area contributed by atoms with Gasteiger partial charge < -0.3 is 18.6 Å². The molecule has 192 valence electrons. The van der Waals surface area contributed by atoms with Crippen LogP contribution in [0.1, 0.15) is 72.3 Å². The molecule has 1 saturated heterocycles.